The summed E-state index contributed by atoms with van der Waals surface area (Å²) in [6, 6.07) is -1.46. The zero-order valence-electron chi connectivity index (χ0n) is 15.6. The molecule has 0 radical (unpaired) electrons. The Balaban J connectivity index is -0.00000242. The molecule has 0 aromatic rings. The molecular weight excluding hydrogens is 337 g/mol. The van der Waals surface area contributed by atoms with Crippen LogP contribution in [0.5, 0.6) is 0 Å². The van der Waals surface area contributed by atoms with Crippen molar-refractivity contribution in [3.05, 3.63) is 0 Å². The Kier molecular flexibility index (Phi) is 23.0. The maximum absolute atomic E-state index is 11.6. The van der Waals surface area contributed by atoms with Gasteiger partial charge in [0.2, 0.25) is 5.91 Å². The zero-order chi connectivity index (χ0) is 17.5. The molecule has 8 heteroatoms. The van der Waals surface area contributed by atoms with Crippen molar-refractivity contribution in [2.75, 3.05) is 0 Å². The smallest absolute Gasteiger partial charge is 0.548 e. The fraction of sp³-hybridized carbons (Fsp3) is 0.824. The van der Waals surface area contributed by atoms with E-state index in [1.165, 1.54) is 38.5 Å². The summed E-state index contributed by atoms with van der Waals surface area (Å²) in [5.74, 6) is -3.28. The number of carbonyl (C=O) groups is 3. The fourth-order valence-electron chi connectivity index (χ4n) is 2.41. The molecule has 0 aliphatic rings. The Labute approximate surface area is 172 Å². The van der Waals surface area contributed by atoms with Crippen LogP contribution in [0.25, 0.3) is 0 Å². The summed E-state index contributed by atoms with van der Waals surface area (Å²) in [7, 11) is 0. The van der Waals surface area contributed by atoms with Crippen LogP contribution >= 0.6 is 0 Å². The van der Waals surface area contributed by atoms with Gasteiger partial charge in [0.25, 0.3) is 0 Å². The third-order valence-corrected chi connectivity index (χ3v) is 3.76. The Morgan fingerprint density at radius 2 is 1.36 bits per heavy atom. The van der Waals surface area contributed by atoms with Crippen LogP contribution in [0.2, 0.25) is 0 Å². The first kappa shape index (κ1) is 29.1. The normalized spacial score (nSPS) is 10.9. The number of nitrogens with one attached hydrogen (secondary N) is 1. The van der Waals surface area contributed by atoms with Crippen LogP contribution in [0.3, 0.4) is 0 Å². The molecule has 0 unspecified atom stereocenters. The van der Waals surface area contributed by atoms with Crippen LogP contribution in [-0.2, 0) is 14.4 Å². The summed E-state index contributed by atoms with van der Waals surface area (Å²) >= 11 is 0. The van der Waals surface area contributed by atoms with Crippen LogP contribution in [0.4, 0.5) is 0 Å². The molecule has 0 fully saturated rings. The number of carboxylic acids is 2. The van der Waals surface area contributed by atoms with Crippen molar-refractivity contribution in [2.45, 2.75) is 90.0 Å². The third kappa shape index (κ3) is 19.5. The summed E-state index contributed by atoms with van der Waals surface area (Å²) in [6.45, 7) is 2.20. The van der Waals surface area contributed by atoms with E-state index in [9.17, 15) is 19.5 Å². The van der Waals surface area contributed by atoms with Crippen LogP contribution < -0.4 is 40.0 Å². The van der Waals surface area contributed by atoms with Gasteiger partial charge in [-0.2, -0.15) is 0 Å². The summed E-state index contributed by atoms with van der Waals surface area (Å²) in [5.41, 5.74) is 0. The van der Waals surface area contributed by atoms with Gasteiger partial charge in [-0.15, -0.1) is 0 Å². The van der Waals surface area contributed by atoms with Crippen molar-refractivity contribution in [3.63, 3.8) is 0 Å². The van der Waals surface area contributed by atoms with E-state index < -0.39 is 30.3 Å². The van der Waals surface area contributed by atoms with Crippen molar-refractivity contribution in [3.8, 4) is 0 Å². The van der Waals surface area contributed by atoms with Crippen molar-refractivity contribution >= 4 is 17.8 Å². The fourth-order valence-corrected chi connectivity index (χ4v) is 2.41. The van der Waals surface area contributed by atoms with Gasteiger partial charge in [-0.05, 0) is 6.42 Å². The Bertz CT molecular complexity index is 365. The minimum absolute atomic E-state index is 0. The van der Waals surface area contributed by atoms with E-state index in [1.54, 1.807) is 0 Å². The molecule has 0 saturated carbocycles. The third-order valence-electron chi connectivity index (χ3n) is 3.76. The van der Waals surface area contributed by atoms with Gasteiger partial charge in [-0.25, -0.2) is 0 Å². The minimum atomic E-state index is -1.57. The SMILES string of the molecule is CCCCCCCCCCCCC(=O)N[C@@H](CC(=O)O)C(=O)[O-].O.[Na+]. The molecule has 0 saturated heterocycles. The molecular formula is C17H32NNaO6. The molecule has 4 N–H and O–H groups in total. The average Bonchev–Trinajstić information content (AvgIpc) is 2.48. The predicted octanol–water partition coefficient (Wildman–Crippen LogP) is -1.81. The summed E-state index contributed by atoms with van der Waals surface area (Å²) in [5, 5.41) is 21.5. The second-order valence-electron chi connectivity index (χ2n) is 5.97. The minimum Gasteiger partial charge on any atom is -0.548 e. The average molecular weight is 369 g/mol. The molecule has 7 nitrogen and oxygen atoms in total. The largest absolute Gasteiger partial charge is 1.00 e. The number of carboxylic acid groups (broad SMARTS) is 2. The summed E-state index contributed by atoms with van der Waals surface area (Å²) in [4.78, 5) is 32.8. The van der Waals surface area contributed by atoms with Gasteiger partial charge in [0, 0.05) is 6.42 Å². The molecule has 0 aromatic heterocycles. The van der Waals surface area contributed by atoms with Gasteiger partial charge < -0.3 is 25.8 Å². The molecule has 142 valence electrons. The Morgan fingerprint density at radius 3 is 1.76 bits per heavy atom. The van der Waals surface area contributed by atoms with E-state index in [-0.39, 0.29) is 41.5 Å². The number of rotatable bonds is 15. The molecule has 0 bridgehead atoms. The molecule has 0 rings (SSSR count). The number of hydrogen-bond donors (Lipinski definition) is 2. The van der Waals surface area contributed by atoms with Gasteiger partial charge in [0.1, 0.15) is 0 Å². The number of aliphatic carboxylic acids is 2. The van der Waals surface area contributed by atoms with Gasteiger partial charge in [-0.1, -0.05) is 64.7 Å². The van der Waals surface area contributed by atoms with Crippen molar-refractivity contribution in [2.24, 2.45) is 0 Å². The van der Waals surface area contributed by atoms with Gasteiger partial charge in [-0.3, -0.25) is 9.59 Å². The number of unbranched alkanes of at least 4 members (excludes halogenated alkanes) is 9. The zero-order valence-corrected chi connectivity index (χ0v) is 17.6. The van der Waals surface area contributed by atoms with E-state index in [0.717, 1.165) is 19.3 Å². The van der Waals surface area contributed by atoms with Crippen molar-refractivity contribution < 1.29 is 59.6 Å². The topological polar surface area (TPSA) is 138 Å². The van der Waals surface area contributed by atoms with Crippen molar-refractivity contribution in [1.29, 1.82) is 0 Å². The molecule has 0 aromatic carbocycles. The van der Waals surface area contributed by atoms with Crippen LogP contribution in [0, 0.1) is 0 Å². The summed E-state index contributed by atoms with van der Waals surface area (Å²) in [6.07, 6.45) is 11.1. The first-order valence-electron chi connectivity index (χ1n) is 8.69. The van der Waals surface area contributed by atoms with Gasteiger partial charge in [0.05, 0.1) is 18.4 Å². The quantitative estimate of drug-likeness (QED) is 0.259. The Morgan fingerprint density at radius 1 is 0.920 bits per heavy atom. The maximum Gasteiger partial charge on any atom is 1.00 e. The first-order valence-corrected chi connectivity index (χ1v) is 8.69. The molecule has 1 amide bonds. The van der Waals surface area contributed by atoms with E-state index in [1.807, 2.05) is 0 Å². The standard InChI is InChI=1S/C17H31NO5.Na.H2O/c1-2-3-4-5-6-7-8-9-10-11-12-15(19)18-14(17(22)23)13-16(20)21;;/h14H,2-13H2,1H3,(H,18,19)(H,20,21)(H,22,23);;1H2/q;+1;/p-1/t14-;;/m0../s1. The van der Waals surface area contributed by atoms with Crippen molar-refractivity contribution in [1.82, 2.24) is 5.32 Å². The van der Waals surface area contributed by atoms with E-state index in [0.29, 0.717) is 6.42 Å². The number of hydrogen-bond acceptors (Lipinski definition) is 4. The number of carbonyl (C=O) groups excluding carboxylic acids is 2. The van der Waals surface area contributed by atoms with E-state index in [4.69, 9.17) is 5.11 Å². The predicted molar refractivity (Wildman–Crippen MR) is 89.3 cm³/mol. The molecule has 25 heavy (non-hydrogen) atoms. The summed E-state index contributed by atoms with van der Waals surface area (Å²) < 4.78 is 0. The molecule has 1 atom stereocenters. The van der Waals surface area contributed by atoms with Crippen LogP contribution in [0.1, 0.15) is 84.0 Å². The monoisotopic (exact) mass is 369 g/mol. The second-order valence-corrected chi connectivity index (χ2v) is 5.97. The molecule has 0 heterocycles. The molecule has 0 aliphatic carbocycles. The van der Waals surface area contributed by atoms with E-state index in [2.05, 4.69) is 12.2 Å². The number of amides is 1. The Hall–Kier alpha value is -0.630. The first-order chi connectivity index (χ1) is 11.0. The van der Waals surface area contributed by atoms with Crippen LogP contribution in [-0.4, -0.2) is 34.5 Å². The van der Waals surface area contributed by atoms with Gasteiger partial charge >= 0.3 is 35.5 Å². The maximum atomic E-state index is 11.6. The second kappa shape index (κ2) is 19.7. The molecule has 0 aliphatic heterocycles. The van der Waals surface area contributed by atoms with Crippen LogP contribution in [0.15, 0.2) is 0 Å². The molecule has 0 spiro atoms. The van der Waals surface area contributed by atoms with E-state index >= 15 is 0 Å². The van der Waals surface area contributed by atoms with Gasteiger partial charge in [0.15, 0.2) is 0 Å².